The van der Waals surface area contributed by atoms with Crippen LogP contribution in [0.2, 0.25) is 5.02 Å². The van der Waals surface area contributed by atoms with E-state index in [0.29, 0.717) is 16.5 Å². The van der Waals surface area contributed by atoms with E-state index in [1.165, 1.54) is 4.90 Å². The zero-order valence-corrected chi connectivity index (χ0v) is 12.7. The van der Waals surface area contributed by atoms with Crippen molar-refractivity contribution in [2.45, 2.75) is 6.54 Å². The van der Waals surface area contributed by atoms with Gasteiger partial charge in [-0.25, -0.2) is 4.79 Å². The first kappa shape index (κ1) is 16.0. The predicted molar refractivity (Wildman–Crippen MR) is 86.2 cm³/mol. The fourth-order valence-electron chi connectivity index (χ4n) is 1.98. The molecule has 1 amide bonds. The molecule has 22 heavy (non-hydrogen) atoms. The first-order valence-electron chi connectivity index (χ1n) is 6.75. The highest BCUT2D eigenvalue weighted by Crippen LogP contribution is 2.17. The minimum Gasteiger partial charge on any atom is -0.492 e. The molecule has 6 heteroatoms. The molecule has 3 N–H and O–H groups in total. The monoisotopic (exact) mass is 320 g/mol. The van der Waals surface area contributed by atoms with E-state index in [4.69, 9.17) is 22.1 Å². The summed E-state index contributed by atoms with van der Waals surface area (Å²) in [5.41, 5.74) is 7.14. The van der Waals surface area contributed by atoms with Crippen molar-refractivity contribution in [2.24, 2.45) is 0 Å². The van der Waals surface area contributed by atoms with Crippen molar-refractivity contribution in [3.05, 3.63) is 59.1 Å². The van der Waals surface area contributed by atoms with Crippen LogP contribution >= 0.6 is 11.6 Å². The lowest BCUT2D eigenvalue weighted by Crippen LogP contribution is -2.32. The fraction of sp³-hybridized carbons (Fsp3) is 0.188. The molecule has 0 atom stereocenters. The van der Waals surface area contributed by atoms with Crippen molar-refractivity contribution in [1.29, 1.82) is 0 Å². The lowest BCUT2D eigenvalue weighted by Gasteiger charge is -2.19. The highest BCUT2D eigenvalue weighted by Gasteiger charge is 2.12. The van der Waals surface area contributed by atoms with Gasteiger partial charge in [0.05, 0.1) is 6.54 Å². The Morgan fingerprint density at radius 1 is 1.23 bits per heavy atom. The van der Waals surface area contributed by atoms with Crippen LogP contribution in [0, 0.1) is 0 Å². The molecule has 0 aliphatic rings. The van der Waals surface area contributed by atoms with Crippen LogP contribution in [-0.4, -0.2) is 29.3 Å². The van der Waals surface area contributed by atoms with Gasteiger partial charge in [-0.15, -0.1) is 0 Å². The van der Waals surface area contributed by atoms with Crippen LogP contribution in [0.15, 0.2) is 48.5 Å². The van der Waals surface area contributed by atoms with Gasteiger partial charge in [0.1, 0.15) is 12.4 Å². The molecule has 2 aromatic carbocycles. The second-order valence-corrected chi connectivity index (χ2v) is 5.19. The maximum absolute atomic E-state index is 11.3. The molecule has 0 fully saturated rings. The van der Waals surface area contributed by atoms with Crippen LogP contribution in [0.5, 0.6) is 5.75 Å². The van der Waals surface area contributed by atoms with Gasteiger partial charge in [0.2, 0.25) is 0 Å². The molecule has 0 aliphatic carbocycles. The number of ether oxygens (including phenoxy) is 1. The normalized spacial score (nSPS) is 10.2. The van der Waals surface area contributed by atoms with Gasteiger partial charge in [-0.3, -0.25) is 0 Å². The zero-order valence-electron chi connectivity index (χ0n) is 11.9. The predicted octanol–water partition coefficient (Wildman–Crippen LogP) is 3.48. The standard InChI is InChI=1S/C16H17ClN2O3/c17-13-4-2-6-15(10-13)22-8-7-19(16(20)21)11-12-3-1-5-14(18)9-12/h1-6,9-10H,7-8,11,18H2,(H,20,21). The van der Waals surface area contributed by atoms with Gasteiger partial charge in [0, 0.05) is 17.3 Å². The summed E-state index contributed by atoms with van der Waals surface area (Å²) in [6, 6.07) is 14.1. The molecule has 2 aromatic rings. The van der Waals surface area contributed by atoms with Gasteiger partial charge < -0.3 is 20.5 Å². The second-order valence-electron chi connectivity index (χ2n) is 4.76. The Balaban J connectivity index is 1.90. The Morgan fingerprint density at radius 2 is 2.00 bits per heavy atom. The van der Waals surface area contributed by atoms with Crippen molar-refractivity contribution >= 4 is 23.4 Å². The Labute approximate surface area is 133 Å². The average molecular weight is 321 g/mol. The van der Waals surface area contributed by atoms with Gasteiger partial charge in [-0.2, -0.15) is 0 Å². The third kappa shape index (κ3) is 4.86. The molecular weight excluding hydrogens is 304 g/mol. The van der Waals surface area contributed by atoms with E-state index in [1.807, 2.05) is 6.07 Å². The van der Waals surface area contributed by atoms with Crippen molar-refractivity contribution in [3.63, 3.8) is 0 Å². The minimum atomic E-state index is -1.00. The number of carboxylic acid groups (broad SMARTS) is 1. The number of halogens is 1. The zero-order chi connectivity index (χ0) is 15.9. The van der Waals surface area contributed by atoms with E-state index in [0.717, 1.165) is 5.56 Å². The third-order valence-corrected chi connectivity index (χ3v) is 3.26. The summed E-state index contributed by atoms with van der Waals surface area (Å²) in [6.45, 7) is 0.755. The van der Waals surface area contributed by atoms with Gasteiger partial charge in [-0.1, -0.05) is 29.8 Å². The number of nitrogens with zero attached hydrogens (tertiary/aromatic N) is 1. The summed E-state index contributed by atoms with van der Waals surface area (Å²) in [6.07, 6.45) is -1.00. The SMILES string of the molecule is Nc1cccc(CN(CCOc2cccc(Cl)c2)C(=O)O)c1. The molecule has 0 saturated carbocycles. The second kappa shape index (κ2) is 7.56. The number of amides is 1. The molecule has 0 aliphatic heterocycles. The van der Waals surface area contributed by atoms with Crippen LogP contribution in [0.25, 0.3) is 0 Å². The molecule has 5 nitrogen and oxygen atoms in total. The third-order valence-electron chi connectivity index (χ3n) is 3.02. The van der Waals surface area contributed by atoms with Gasteiger partial charge in [0.25, 0.3) is 0 Å². The molecule has 0 radical (unpaired) electrons. The Hall–Kier alpha value is -2.40. The maximum atomic E-state index is 11.3. The lowest BCUT2D eigenvalue weighted by atomic mass is 10.2. The number of nitrogen functional groups attached to an aromatic ring is 1. The molecule has 0 heterocycles. The summed E-state index contributed by atoms with van der Waals surface area (Å²) in [7, 11) is 0. The molecule has 2 rings (SSSR count). The molecule has 0 saturated heterocycles. The van der Waals surface area contributed by atoms with Crippen LogP contribution in [0.4, 0.5) is 10.5 Å². The molecule has 0 aromatic heterocycles. The van der Waals surface area contributed by atoms with Crippen LogP contribution < -0.4 is 10.5 Å². The summed E-state index contributed by atoms with van der Waals surface area (Å²) >= 11 is 5.86. The number of hydrogen-bond donors (Lipinski definition) is 2. The molecule has 0 spiro atoms. The van der Waals surface area contributed by atoms with E-state index >= 15 is 0 Å². The summed E-state index contributed by atoms with van der Waals surface area (Å²) in [5, 5.41) is 9.84. The summed E-state index contributed by atoms with van der Waals surface area (Å²) in [5.74, 6) is 0.613. The smallest absolute Gasteiger partial charge is 0.407 e. The Morgan fingerprint density at radius 3 is 2.68 bits per heavy atom. The number of hydrogen-bond acceptors (Lipinski definition) is 3. The van der Waals surface area contributed by atoms with Gasteiger partial charge >= 0.3 is 6.09 Å². The quantitative estimate of drug-likeness (QED) is 0.799. The number of anilines is 1. The molecular formula is C16H17ClN2O3. The Bertz CT molecular complexity index is 649. The van der Waals surface area contributed by atoms with E-state index in [2.05, 4.69) is 0 Å². The number of carbonyl (C=O) groups is 1. The highest BCUT2D eigenvalue weighted by atomic mass is 35.5. The lowest BCUT2D eigenvalue weighted by molar-refractivity contribution is 0.132. The van der Waals surface area contributed by atoms with Crippen molar-refractivity contribution in [1.82, 2.24) is 4.90 Å². The first-order chi connectivity index (χ1) is 10.5. The van der Waals surface area contributed by atoms with Crippen molar-refractivity contribution in [3.8, 4) is 5.75 Å². The van der Waals surface area contributed by atoms with Crippen LogP contribution in [-0.2, 0) is 6.54 Å². The Kier molecular flexibility index (Phi) is 5.49. The minimum absolute atomic E-state index is 0.245. The van der Waals surface area contributed by atoms with Gasteiger partial charge in [0.15, 0.2) is 0 Å². The van der Waals surface area contributed by atoms with E-state index in [-0.39, 0.29) is 19.7 Å². The first-order valence-corrected chi connectivity index (χ1v) is 7.13. The van der Waals surface area contributed by atoms with Crippen molar-refractivity contribution in [2.75, 3.05) is 18.9 Å². The van der Waals surface area contributed by atoms with Gasteiger partial charge in [-0.05, 0) is 35.9 Å². The number of benzene rings is 2. The van der Waals surface area contributed by atoms with E-state index in [9.17, 15) is 9.90 Å². The molecule has 0 bridgehead atoms. The van der Waals surface area contributed by atoms with E-state index in [1.54, 1.807) is 42.5 Å². The number of rotatable bonds is 6. The maximum Gasteiger partial charge on any atom is 0.407 e. The fourth-order valence-corrected chi connectivity index (χ4v) is 2.16. The summed E-state index contributed by atoms with van der Waals surface area (Å²) in [4.78, 5) is 12.6. The van der Waals surface area contributed by atoms with Crippen LogP contribution in [0.3, 0.4) is 0 Å². The largest absolute Gasteiger partial charge is 0.492 e. The molecule has 116 valence electrons. The summed E-state index contributed by atoms with van der Waals surface area (Å²) < 4.78 is 5.51. The average Bonchev–Trinajstić information content (AvgIpc) is 2.46. The topological polar surface area (TPSA) is 75.8 Å². The van der Waals surface area contributed by atoms with E-state index < -0.39 is 6.09 Å². The van der Waals surface area contributed by atoms with Crippen LogP contribution in [0.1, 0.15) is 5.56 Å². The van der Waals surface area contributed by atoms with Crippen molar-refractivity contribution < 1.29 is 14.6 Å². The molecule has 0 unspecified atom stereocenters. The highest BCUT2D eigenvalue weighted by molar-refractivity contribution is 6.30. The number of nitrogens with two attached hydrogens (primary N) is 1.